The zero-order valence-corrected chi connectivity index (χ0v) is 11.5. The Morgan fingerprint density at radius 1 is 1.17 bits per heavy atom. The average molecular weight is 265 g/mol. The predicted molar refractivity (Wildman–Crippen MR) is 68.5 cm³/mol. The lowest BCUT2D eigenvalue weighted by Gasteiger charge is -2.32. The van der Waals surface area contributed by atoms with Crippen LogP contribution in [0, 0.1) is 11.8 Å². The van der Waals surface area contributed by atoms with E-state index in [2.05, 4.69) is 19.2 Å². The lowest BCUT2D eigenvalue weighted by Crippen LogP contribution is -2.36. The maximum absolute atomic E-state index is 12.0. The number of halogens is 3. The first-order chi connectivity index (χ1) is 8.38. The summed E-state index contributed by atoms with van der Waals surface area (Å²) in [6.45, 7) is 5.25. The highest BCUT2D eigenvalue weighted by Gasteiger charge is 2.26. The minimum absolute atomic E-state index is 0.247. The van der Waals surface area contributed by atoms with E-state index in [0.717, 1.165) is 18.4 Å². The van der Waals surface area contributed by atoms with Gasteiger partial charge in [0, 0.05) is 12.5 Å². The van der Waals surface area contributed by atoms with Gasteiger partial charge in [-0.2, -0.15) is 13.2 Å². The van der Waals surface area contributed by atoms with E-state index in [1.54, 1.807) is 0 Å². The second-order valence-corrected chi connectivity index (χ2v) is 5.89. The van der Waals surface area contributed by atoms with E-state index in [9.17, 15) is 13.2 Å². The van der Waals surface area contributed by atoms with Crippen molar-refractivity contribution in [2.24, 2.45) is 11.8 Å². The largest absolute Gasteiger partial charge is 0.389 e. The van der Waals surface area contributed by atoms with Gasteiger partial charge < -0.3 is 5.32 Å². The molecule has 0 heterocycles. The lowest BCUT2D eigenvalue weighted by molar-refractivity contribution is -0.135. The summed E-state index contributed by atoms with van der Waals surface area (Å²) in [6, 6.07) is 0.525. The molecule has 0 amide bonds. The van der Waals surface area contributed by atoms with Gasteiger partial charge in [0.25, 0.3) is 0 Å². The molecule has 0 bridgehead atoms. The van der Waals surface area contributed by atoms with Crippen molar-refractivity contribution in [3.8, 4) is 0 Å². The predicted octanol–water partition coefficient (Wildman–Crippen LogP) is 4.52. The van der Waals surface area contributed by atoms with Crippen LogP contribution >= 0.6 is 0 Å². The van der Waals surface area contributed by atoms with Crippen LogP contribution in [0.15, 0.2) is 0 Å². The molecule has 0 aromatic heterocycles. The van der Waals surface area contributed by atoms with Crippen molar-refractivity contribution in [3.05, 3.63) is 0 Å². The van der Waals surface area contributed by atoms with Crippen LogP contribution in [0.5, 0.6) is 0 Å². The fraction of sp³-hybridized carbons (Fsp3) is 1.00. The third-order valence-corrected chi connectivity index (χ3v) is 3.98. The highest BCUT2D eigenvalue weighted by atomic mass is 19.4. The minimum atomic E-state index is -3.99. The molecule has 0 aliphatic heterocycles. The van der Waals surface area contributed by atoms with Gasteiger partial charge in [0.15, 0.2) is 0 Å². The smallest absolute Gasteiger partial charge is 0.314 e. The quantitative estimate of drug-likeness (QED) is 0.696. The first kappa shape index (κ1) is 15.8. The van der Waals surface area contributed by atoms with Crippen LogP contribution in [0.1, 0.15) is 58.8 Å². The fourth-order valence-corrected chi connectivity index (χ4v) is 2.78. The fourth-order valence-electron chi connectivity index (χ4n) is 2.78. The second kappa shape index (κ2) is 7.37. The number of rotatable bonds is 6. The molecule has 0 aromatic rings. The summed E-state index contributed by atoms with van der Waals surface area (Å²) in [5, 5.41) is 3.43. The lowest BCUT2D eigenvalue weighted by atomic mass is 9.79. The number of nitrogens with one attached hydrogen (secondary N) is 1. The Kier molecular flexibility index (Phi) is 6.47. The third kappa shape index (κ3) is 6.62. The molecule has 0 radical (unpaired) electrons. The third-order valence-electron chi connectivity index (χ3n) is 3.98. The minimum Gasteiger partial charge on any atom is -0.314 e. The van der Waals surface area contributed by atoms with Crippen molar-refractivity contribution in [1.82, 2.24) is 5.32 Å². The van der Waals surface area contributed by atoms with Gasteiger partial charge in [-0.25, -0.2) is 0 Å². The van der Waals surface area contributed by atoms with E-state index in [4.69, 9.17) is 0 Å². The van der Waals surface area contributed by atoms with Gasteiger partial charge in [-0.3, -0.25) is 0 Å². The normalized spacial score (nSPS) is 25.7. The SMILES string of the molecule is CC(C)C1CCCC(NCCCCC(F)(F)F)C1. The van der Waals surface area contributed by atoms with Crippen LogP contribution in [-0.4, -0.2) is 18.8 Å². The highest BCUT2D eigenvalue weighted by Crippen LogP contribution is 2.30. The van der Waals surface area contributed by atoms with Crippen LogP contribution in [0.25, 0.3) is 0 Å². The van der Waals surface area contributed by atoms with E-state index >= 15 is 0 Å². The second-order valence-electron chi connectivity index (χ2n) is 5.89. The maximum atomic E-state index is 12.0. The Morgan fingerprint density at radius 3 is 2.50 bits per heavy atom. The summed E-state index contributed by atoms with van der Waals surface area (Å²) >= 11 is 0. The molecule has 0 spiro atoms. The molecule has 18 heavy (non-hydrogen) atoms. The van der Waals surface area contributed by atoms with E-state index in [0.29, 0.717) is 12.5 Å². The van der Waals surface area contributed by atoms with Crippen LogP contribution in [0.2, 0.25) is 0 Å². The van der Waals surface area contributed by atoms with Gasteiger partial charge in [0.05, 0.1) is 0 Å². The first-order valence-electron chi connectivity index (χ1n) is 7.18. The molecule has 1 aliphatic rings. The summed E-state index contributed by atoms with van der Waals surface area (Å²) in [7, 11) is 0. The molecule has 1 fully saturated rings. The molecule has 2 atom stereocenters. The highest BCUT2D eigenvalue weighted by molar-refractivity contribution is 4.79. The summed E-state index contributed by atoms with van der Waals surface area (Å²) < 4.78 is 35.9. The van der Waals surface area contributed by atoms with Gasteiger partial charge in [0.1, 0.15) is 0 Å². The molecule has 1 nitrogen and oxygen atoms in total. The standard InChI is InChI=1S/C14H26F3N/c1-11(2)12-6-5-7-13(10-12)18-9-4-3-8-14(15,16)17/h11-13,18H,3-10H2,1-2H3. The molecule has 0 saturated heterocycles. The molecule has 2 unspecified atom stereocenters. The Hall–Kier alpha value is -0.250. The van der Waals surface area contributed by atoms with Crippen molar-refractivity contribution in [3.63, 3.8) is 0 Å². The monoisotopic (exact) mass is 265 g/mol. The van der Waals surface area contributed by atoms with E-state index in [1.165, 1.54) is 25.7 Å². The summed E-state index contributed by atoms with van der Waals surface area (Å²) in [5.74, 6) is 1.51. The number of hydrogen-bond acceptors (Lipinski definition) is 1. The van der Waals surface area contributed by atoms with Gasteiger partial charge in [-0.1, -0.05) is 26.7 Å². The van der Waals surface area contributed by atoms with Crippen LogP contribution < -0.4 is 5.32 Å². The molecule has 108 valence electrons. The summed E-state index contributed by atoms with van der Waals surface area (Å²) in [6.07, 6.45) is 1.17. The van der Waals surface area contributed by atoms with Crippen molar-refractivity contribution in [1.29, 1.82) is 0 Å². The summed E-state index contributed by atoms with van der Waals surface area (Å²) in [4.78, 5) is 0. The number of alkyl halides is 3. The van der Waals surface area contributed by atoms with Gasteiger partial charge in [-0.05, 0) is 44.1 Å². The zero-order valence-electron chi connectivity index (χ0n) is 11.5. The molecule has 0 aromatic carbocycles. The zero-order chi connectivity index (χ0) is 13.6. The van der Waals surface area contributed by atoms with Gasteiger partial charge in [-0.15, -0.1) is 0 Å². The van der Waals surface area contributed by atoms with Gasteiger partial charge in [0.2, 0.25) is 0 Å². The van der Waals surface area contributed by atoms with E-state index in [-0.39, 0.29) is 6.42 Å². The van der Waals surface area contributed by atoms with Crippen molar-refractivity contribution in [2.75, 3.05) is 6.54 Å². The van der Waals surface area contributed by atoms with E-state index in [1.807, 2.05) is 0 Å². The Balaban J connectivity index is 2.08. The Labute approximate surface area is 109 Å². The van der Waals surface area contributed by atoms with Crippen LogP contribution in [-0.2, 0) is 0 Å². The topological polar surface area (TPSA) is 12.0 Å². The molecule has 1 N–H and O–H groups in total. The van der Waals surface area contributed by atoms with Crippen molar-refractivity contribution >= 4 is 0 Å². The number of unbranched alkanes of at least 4 members (excludes halogenated alkanes) is 1. The van der Waals surface area contributed by atoms with Crippen molar-refractivity contribution < 1.29 is 13.2 Å². The molecule has 4 heteroatoms. The molecular weight excluding hydrogens is 239 g/mol. The summed E-state index contributed by atoms with van der Waals surface area (Å²) in [5.41, 5.74) is 0. The molecular formula is C14H26F3N. The maximum Gasteiger partial charge on any atom is 0.389 e. The Bertz CT molecular complexity index is 226. The Morgan fingerprint density at radius 2 is 1.89 bits per heavy atom. The van der Waals surface area contributed by atoms with Gasteiger partial charge >= 0.3 is 6.18 Å². The van der Waals surface area contributed by atoms with E-state index < -0.39 is 12.6 Å². The first-order valence-corrected chi connectivity index (χ1v) is 7.18. The molecule has 1 saturated carbocycles. The van der Waals surface area contributed by atoms with Crippen LogP contribution in [0.3, 0.4) is 0 Å². The number of hydrogen-bond donors (Lipinski definition) is 1. The van der Waals surface area contributed by atoms with Crippen molar-refractivity contribution in [2.45, 2.75) is 71.0 Å². The van der Waals surface area contributed by atoms with Crippen LogP contribution in [0.4, 0.5) is 13.2 Å². The average Bonchev–Trinajstić information content (AvgIpc) is 2.27. The molecule has 1 aliphatic carbocycles. The molecule has 1 rings (SSSR count).